The highest BCUT2D eigenvalue weighted by Crippen LogP contribution is 2.18. The van der Waals surface area contributed by atoms with E-state index in [2.05, 4.69) is 58.5 Å². The van der Waals surface area contributed by atoms with Crippen LogP contribution in [0.25, 0.3) is 0 Å². The Labute approximate surface area is 192 Å². The van der Waals surface area contributed by atoms with Crippen molar-refractivity contribution in [1.82, 2.24) is 15.1 Å². The summed E-state index contributed by atoms with van der Waals surface area (Å²) in [6, 6.07) is 18.9. The molecule has 0 radical (unpaired) electrons. The molecule has 0 aromatic heterocycles. The Kier molecular flexibility index (Phi) is 9.73. The zero-order valence-electron chi connectivity index (χ0n) is 17.7. The van der Waals surface area contributed by atoms with Gasteiger partial charge in [-0.05, 0) is 37.4 Å². The second-order valence-electron chi connectivity index (χ2n) is 7.57. The Morgan fingerprint density at radius 1 is 1.03 bits per heavy atom. The molecule has 2 aromatic carbocycles. The number of piperidine rings is 1. The van der Waals surface area contributed by atoms with Crippen molar-refractivity contribution in [3.8, 4) is 5.75 Å². The molecule has 1 heterocycles. The Hall–Kier alpha value is -1.80. The molecule has 0 atom stereocenters. The lowest BCUT2D eigenvalue weighted by molar-refractivity contribution is 0.129. The summed E-state index contributed by atoms with van der Waals surface area (Å²) >= 11 is 0. The van der Waals surface area contributed by atoms with Crippen molar-refractivity contribution < 1.29 is 4.74 Å². The number of para-hydroxylation sites is 1. The lowest BCUT2D eigenvalue weighted by atomic mass is 10.1. The quantitative estimate of drug-likeness (QED) is 0.364. The molecule has 158 valence electrons. The van der Waals surface area contributed by atoms with E-state index in [0.29, 0.717) is 0 Å². The summed E-state index contributed by atoms with van der Waals surface area (Å²) in [6.45, 7) is 3.67. The number of halogens is 1. The fraction of sp³-hybridized carbons (Fsp3) is 0.435. The van der Waals surface area contributed by atoms with Crippen LogP contribution in [0.2, 0.25) is 0 Å². The largest absolute Gasteiger partial charge is 0.490 e. The number of aliphatic imine (C=N–C) groups is 1. The van der Waals surface area contributed by atoms with Gasteiger partial charge in [0.05, 0.1) is 0 Å². The average Bonchev–Trinajstić information content (AvgIpc) is 2.71. The molecule has 2 aromatic rings. The molecule has 1 aliphatic rings. The van der Waals surface area contributed by atoms with Crippen LogP contribution in [-0.4, -0.2) is 56.1 Å². The number of hydrogen-bond donors (Lipinski definition) is 1. The molecule has 6 heteroatoms. The molecule has 0 unspecified atom stereocenters. The van der Waals surface area contributed by atoms with Crippen LogP contribution in [0, 0.1) is 0 Å². The maximum atomic E-state index is 6.09. The van der Waals surface area contributed by atoms with Gasteiger partial charge in [-0.3, -0.25) is 4.99 Å². The second-order valence-corrected chi connectivity index (χ2v) is 7.57. The third-order valence-corrected chi connectivity index (χ3v) is 4.97. The van der Waals surface area contributed by atoms with Crippen LogP contribution < -0.4 is 10.1 Å². The van der Waals surface area contributed by atoms with E-state index in [1.165, 1.54) is 11.1 Å². The average molecular weight is 508 g/mol. The molecular weight excluding hydrogens is 475 g/mol. The normalized spacial score (nSPS) is 15.2. The lowest BCUT2D eigenvalue weighted by Crippen LogP contribution is -2.47. The first kappa shape index (κ1) is 23.5. The van der Waals surface area contributed by atoms with E-state index >= 15 is 0 Å². The first-order valence-corrected chi connectivity index (χ1v) is 10.0. The Morgan fingerprint density at radius 2 is 1.66 bits per heavy atom. The van der Waals surface area contributed by atoms with Crippen LogP contribution in [0.5, 0.6) is 5.75 Å². The number of nitrogens with one attached hydrogen (secondary N) is 1. The van der Waals surface area contributed by atoms with Crippen LogP contribution >= 0.6 is 24.0 Å². The minimum atomic E-state index is 0. The fourth-order valence-electron chi connectivity index (χ4n) is 3.52. The fourth-order valence-corrected chi connectivity index (χ4v) is 3.52. The Bertz CT molecular complexity index is 741. The predicted molar refractivity (Wildman–Crippen MR) is 131 cm³/mol. The summed E-state index contributed by atoms with van der Waals surface area (Å²) in [7, 11) is 6.04. The molecule has 5 nitrogen and oxygen atoms in total. The molecule has 0 saturated carbocycles. The van der Waals surface area contributed by atoms with Gasteiger partial charge in [-0.25, -0.2) is 0 Å². The van der Waals surface area contributed by atoms with Crippen LogP contribution in [0.4, 0.5) is 0 Å². The van der Waals surface area contributed by atoms with Gasteiger partial charge in [-0.2, -0.15) is 0 Å². The van der Waals surface area contributed by atoms with Crippen LogP contribution in [0.3, 0.4) is 0 Å². The smallest absolute Gasteiger partial charge is 0.193 e. The third kappa shape index (κ3) is 7.51. The van der Waals surface area contributed by atoms with Crippen molar-refractivity contribution in [2.45, 2.75) is 32.0 Å². The molecule has 1 fully saturated rings. The van der Waals surface area contributed by atoms with Crippen LogP contribution in [0.1, 0.15) is 24.0 Å². The zero-order chi connectivity index (χ0) is 19.8. The second kappa shape index (κ2) is 12.0. The van der Waals surface area contributed by atoms with E-state index < -0.39 is 0 Å². The highest BCUT2D eigenvalue weighted by molar-refractivity contribution is 14.0. The number of rotatable bonds is 6. The van der Waals surface area contributed by atoms with Crippen molar-refractivity contribution >= 4 is 29.9 Å². The van der Waals surface area contributed by atoms with Gasteiger partial charge >= 0.3 is 0 Å². The summed E-state index contributed by atoms with van der Waals surface area (Å²) < 4.78 is 6.09. The Balaban J connectivity index is 0.00000300. The molecule has 1 saturated heterocycles. The number of likely N-dealkylation sites (tertiary alicyclic amines) is 1. The van der Waals surface area contributed by atoms with E-state index in [-0.39, 0.29) is 30.1 Å². The van der Waals surface area contributed by atoms with Crippen LogP contribution in [-0.2, 0) is 13.1 Å². The standard InChI is InChI=1S/C23H32N4O.HI/c1-24-23(25-17-19-9-11-20(12-10-19)18-26(2)3)27-15-13-22(14-16-27)28-21-7-5-4-6-8-21;/h4-12,22H,13-18H2,1-3H3,(H,24,25);1H. The van der Waals surface area contributed by atoms with E-state index in [4.69, 9.17) is 4.74 Å². The molecule has 0 aliphatic carbocycles. The molecule has 29 heavy (non-hydrogen) atoms. The number of guanidine groups is 1. The summed E-state index contributed by atoms with van der Waals surface area (Å²) in [5.41, 5.74) is 2.60. The van der Waals surface area contributed by atoms with Crippen molar-refractivity contribution in [3.05, 3.63) is 65.7 Å². The summed E-state index contributed by atoms with van der Waals surface area (Å²) in [5, 5.41) is 3.50. The maximum absolute atomic E-state index is 6.09. The maximum Gasteiger partial charge on any atom is 0.193 e. The van der Waals surface area contributed by atoms with Gasteiger partial charge in [0.1, 0.15) is 11.9 Å². The SMILES string of the molecule is CN=C(NCc1ccc(CN(C)C)cc1)N1CCC(Oc2ccccc2)CC1.I. The summed E-state index contributed by atoms with van der Waals surface area (Å²) in [5.74, 6) is 1.93. The van der Waals surface area contributed by atoms with Gasteiger partial charge in [0.15, 0.2) is 5.96 Å². The predicted octanol–water partition coefficient (Wildman–Crippen LogP) is 3.99. The Morgan fingerprint density at radius 3 is 2.24 bits per heavy atom. The minimum Gasteiger partial charge on any atom is -0.490 e. The summed E-state index contributed by atoms with van der Waals surface area (Å²) in [6.07, 6.45) is 2.30. The van der Waals surface area contributed by atoms with E-state index in [9.17, 15) is 0 Å². The molecule has 0 amide bonds. The molecule has 3 rings (SSSR count). The highest BCUT2D eigenvalue weighted by Gasteiger charge is 2.22. The molecule has 1 N–H and O–H groups in total. The molecule has 0 spiro atoms. The summed E-state index contributed by atoms with van der Waals surface area (Å²) in [4.78, 5) is 8.98. The van der Waals surface area contributed by atoms with Gasteiger partial charge in [0, 0.05) is 46.1 Å². The monoisotopic (exact) mass is 508 g/mol. The van der Waals surface area contributed by atoms with Crippen molar-refractivity contribution in [2.24, 2.45) is 4.99 Å². The molecule has 0 bridgehead atoms. The zero-order valence-corrected chi connectivity index (χ0v) is 20.0. The number of nitrogens with zero attached hydrogens (tertiary/aromatic N) is 3. The van der Waals surface area contributed by atoms with Crippen molar-refractivity contribution in [2.75, 3.05) is 34.2 Å². The molecule has 1 aliphatic heterocycles. The van der Waals surface area contributed by atoms with Crippen LogP contribution in [0.15, 0.2) is 59.6 Å². The van der Waals surface area contributed by atoms with Gasteiger partial charge in [-0.1, -0.05) is 42.5 Å². The van der Waals surface area contributed by atoms with Crippen molar-refractivity contribution in [3.63, 3.8) is 0 Å². The third-order valence-electron chi connectivity index (χ3n) is 4.97. The minimum absolute atomic E-state index is 0. The first-order valence-electron chi connectivity index (χ1n) is 10.0. The highest BCUT2D eigenvalue weighted by atomic mass is 127. The van der Waals surface area contributed by atoms with E-state index in [0.717, 1.165) is 50.7 Å². The van der Waals surface area contributed by atoms with E-state index in [1.807, 2.05) is 37.4 Å². The number of hydrogen-bond acceptors (Lipinski definition) is 3. The molecular formula is C23H33IN4O. The van der Waals surface area contributed by atoms with Gasteiger partial charge in [0.2, 0.25) is 0 Å². The van der Waals surface area contributed by atoms with Crippen molar-refractivity contribution in [1.29, 1.82) is 0 Å². The number of benzene rings is 2. The van der Waals surface area contributed by atoms with Gasteiger partial charge in [-0.15, -0.1) is 24.0 Å². The lowest BCUT2D eigenvalue weighted by Gasteiger charge is -2.34. The van der Waals surface area contributed by atoms with Gasteiger partial charge in [0.25, 0.3) is 0 Å². The van der Waals surface area contributed by atoms with E-state index in [1.54, 1.807) is 0 Å². The topological polar surface area (TPSA) is 40.1 Å². The first-order chi connectivity index (χ1) is 13.6. The number of ether oxygens (including phenoxy) is 1. The van der Waals surface area contributed by atoms with Gasteiger partial charge < -0.3 is 19.9 Å².